The molecular weight excluding hydrogens is 370 g/mol. The van der Waals surface area contributed by atoms with E-state index in [4.69, 9.17) is 9.47 Å². The van der Waals surface area contributed by atoms with Gasteiger partial charge in [-0.05, 0) is 25.8 Å². The second kappa shape index (κ2) is 8.81. The minimum Gasteiger partial charge on any atom is -0.465 e. The highest BCUT2D eigenvalue weighted by atomic mass is 32.1. The van der Waals surface area contributed by atoms with Crippen molar-refractivity contribution in [1.29, 1.82) is 0 Å². The average molecular weight is 396 g/mol. The summed E-state index contributed by atoms with van der Waals surface area (Å²) in [5.74, 6) is -0.521. The number of thiophene rings is 1. The van der Waals surface area contributed by atoms with Crippen LogP contribution in [0.5, 0.6) is 0 Å². The lowest BCUT2D eigenvalue weighted by molar-refractivity contribution is -0.895. The number of nitrogens with one attached hydrogen (secondary N) is 2. The van der Waals surface area contributed by atoms with E-state index < -0.39 is 5.97 Å². The van der Waals surface area contributed by atoms with Gasteiger partial charge in [0.05, 0.1) is 38.9 Å². The molecule has 2 amide bonds. The zero-order valence-corrected chi connectivity index (χ0v) is 16.5. The maximum atomic E-state index is 12.4. The molecule has 148 valence electrons. The Kier molecular flexibility index (Phi) is 6.46. The highest BCUT2D eigenvalue weighted by Gasteiger charge is 2.32. The van der Waals surface area contributed by atoms with Gasteiger partial charge in [-0.25, -0.2) is 4.79 Å². The van der Waals surface area contributed by atoms with Crippen molar-refractivity contribution in [3.8, 4) is 0 Å². The first kappa shape index (κ1) is 19.8. The number of rotatable bonds is 5. The maximum absolute atomic E-state index is 12.4. The second-order valence-electron chi connectivity index (χ2n) is 6.89. The van der Waals surface area contributed by atoms with Crippen LogP contribution in [0.2, 0.25) is 0 Å². The average Bonchev–Trinajstić information content (AvgIpc) is 3.31. The zero-order valence-electron chi connectivity index (χ0n) is 15.7. The number of aryl methyl sites for hydroxylation is 1. The third-order valence-corrected chi connectivity index (χ3v) is 5.88. The fourth-order valence-corrected chi connectivity index (χ4v) is 4.38. The molecule has 2 aliphatic heterocycles. The van der Waals surface area contributed by atoms with Gasteiger partial charge in [0.15, 0.2) is 6.54 Å². The summed E-state index contributed by atoms with van der Waals surface area (Å²) >= 11 is 1.36. The smallest absolute Gasteiger partial charge is 0.340 e. The third-order valence-electron chi connectivity index (χ3n) is 4.91. The zero-order chi connectivity index (χ0) is 19.4. The first-order valence-corrected chi connectivity index (χ1v) is 10.0. The summed E-state index contributed by atoms with van der Waals surface area (Å²) in [6.45, 7) is 5.55. The van der Waals surface area contributed by atoms with Crippen LogP contribution in [-0.2, 0) is 19.1 Å². The van der Waals surface area contributed by atoms with E-state index in [-0.39, 0.29) is 17.9 Å². The Morgan fingerprint density at radius 2 is 2.11 bits per heavy atom. The van der Waals surface area contributed by atoms with Crippen molar-refractivity contribution in [1.82, 2.24) is 4.90 Å². The molecule has 1 aromatic heterocycles. The maximum Gasteiger partial charge on any atom is 0.340 e. The number of amides is 2. The van der Waals surface area contributed by atoms with Crippen LogP contribution >= 0.6 is 11.3 Å². The number of anilines is 1. The van der Waals surface area contributed by atoms with Crippen molar-refractivity contribution in [2.75, 3.05) is 51.8 Å². The largest absolute Gasteiger partial charge is 0.465 e. The molecule has 1 aromatic rings. The Morgan fingerprint density at radius 3 is 2.74 bits per heavy atom. The van der Waals surface area contributed by atoms with Crippen molar-refractivity contribution in [2.24, 2.45) is 0 Å². The van der Waals surface area contributed by atoms with E-state index in [9.17, 15) is 14.4 Å². The van der Waals surface area contributed by atoms with E-state index in [1.54, 1.807) is 6.07 Å². The minimum atomic E-state index is -0.455. The van der Waals surface area contributed by atoms with Gasteiger partial charge in [0.25, 0.3) is 11.8 Å². The number of esters is 1. The summed E-state index contributed by atoms with van der Waals surface area (Å²) in [6.07, 6.45) is 1.46. The second-order valence-corrected chi connectivity index (χ2v) is 8.15. The molecule has 0 spiro atoms. The van der Waals surface area contributed by atoms with Crippen LogP contribution in [-0.4, -0.2) is 75.2 Å². The predicted octanol–water partition coefficient (Wildman–Crippen LogP) is -0.312. The summed E-state index contributed by atoms with van der Waals surface area (Å²) in [5.41, 5.74) is 0.385. The number of quaternary nitrogens is 1. The molecule has 2 N–H and O–H groups in total. The molecule has 0 unspecified atom stereocenters. The van der Waals surface area contributed by atoms with Crippen molar-refractivity contribution >= 4 is 34.1 Å². The number of hydrogen-bond donors (Lipinski definition) is 2. The molecular formula is C18H26N3O5S+. The van der Waals surface area contributed by atoms with Crippen molar-refractivity contribution < 1.29 is 28.8 Å². The van der Waals surface area contributed by atoms with Gasteiger partial charge in [0.2, 0.25) is 0 Å². The molecule has 3 rings (SSSR count). The van der Waals surface area contributed by atoms with Gasteiger partial charge in [-0.3, -0.25) is 9.59 Å². The van der Waals surface area contributed by atoms with Crippen molar-refractivity contribution in [3.05, 3.63) is 16.5 Å². The molecule has 3 heterocycles. The number of ether oxygens (including phenoxy) is 2. The third kappa shape index (κ3) is 4.85. The van der Waals surface area contributed by atoms with Crippen LogP contribution in [0.4, 0.5) is 5.00 Å². The molecule has 27 heavy (non-hydrogen) atoms. The summed E-state index contributed by atoms with van der Waals surface area (Å²) in [5, 5.41) is 3.35. The summed E-state index contributed by atoms with van der Waals surface area (Å²) in [7, 11) is 1.32. The van der Waals surface area contributed by atoms with Gasteiger partial charge in [-0.2, -0.15) is 0 Å². The number of carbonyl (C=O) groups excluding carboxylic acids is 3. The molecule has 2 fully saturated rings. The summed E-state index contributed by atoms with van der Waals surface area (Å²) in [6, 6.07) is 1.72. The van der Waals surface area contributed by atoms with E-state index in [2.05, 4.69) is 5.32 Å². The van der Waals surface area contributed by atoms with Gasteiger partial charge in [0.1, 0.15) is 11.1 Å². The Morgan fingerprint density at radius 1 is 1.37 bits per heavy atom. The van der Waals surface area contributed by atoms with Gasteiger partial charge in [0, 0.05) is 11.5 Å². The Hall–Kier alpha value is -1.97. The normalized spacial score (nSPS) is 20.5. The molecule has 0 aromatic carbocycles. The van der Waals surface area contributed by atoms with Crippen LogP contribution in [0.25, 0.3) is 0 Å². The van der Waals surface area contributed by atoms with E-state index >= 15 is 0 Å². The van der Waals surface area contributed by atoms with Crippen LogP contribution in [0.15, 0.2) is 6.07 Å². The van der Waals surface area contributed by atoms with Gasteiger partial charge < -0.3 is 24.6 Å². The lowest BCUT2D eigenvalue weighted by atomic mass is 10.2. The van der Waals surface area contributed by atoms with Gasteiger partial charge >= 0.3 is 5.97 Å². The number of hydrogen-bond acceptors (Lipinski definition) is 6. The lowest BCUT2D eigenvalue weighted by Crippen LogP contribution is -3.15. The van der Waals surface area contributed by atoms with Crippen molar-refractivity contribution in [2.45, 2.75) is 25.9 Å². The van der Waals surface area contributed by atoms with Crippen LogP contribution in [0, 0.1) is 6.92 Å². The Balaban J connectivity index is 1.48. The first-order valence-electron chi connectivity index (χ1n) is 9.20. The first-order chi connectivity index (χ1) is 13.0. The molecule has 0 saturated carbocycles. The molecule has 0 radical (unpaired) electrons. The predicted molar refractivity (Wildman–Crippen MR) is 100 cm³/mol. The van der Waals surface area contributed by atoms with Crippen LogP contribution < -0.4 is 10.2 Å². The van der Waals surface area contributed by atoms with Gasteiger partial charge in [-0.15, -0.1) is 11.3 Å². The topological polar surface area (TPSA) is 89.4 Å². The number of piperazine rings is 1. The van der Waals surface area contributed by atoms with E-state index in [1.807, 2.05) is 11.8 Å². The fourth-order valence-electron chi connectivity index (χ4n) is 3.46. The Bertz CT molecular complexity index is 706. The van der Waals surface area contributed by atoms with E-state index in [0.29, 0.717) is 36.8 Å². The summed E-state index contributed by atoms with van der Waals surface area (Å²) < 4.78 is 10.2. The minimum absolute atomic E-state index is 0.0767. The monoisotopic (exact) mass is 396 g/mol. The van der Waals surface area contributed by atoms with E-state index in [1.165, 1.54) is 18.4 Å². The van der Waals surface area contributed by atoms with E-state index in [0.717, 1.165) is 35.7 Å². The van der Waals surface area contributed by atoms with Crippen molar-refractivity contribution in [3.63, 3.8) is 0 Å². The molecule has 0 bridgehead atoms. The molecule has 2 aliphatic rings. The van der Waals surface area contributed by atoms with Gasteiger partial charge in [-0.1, -0.05) is 0 Å². The number of methoxy groups -OCH3 is 1. The fraction of sp³-hybridized carbons (Fsp3) is 0.611. The number of nitrogens with zero attached hydrogens (tertiary/aromatic N) is 1. The molecule has 8 nitrogen and oxygen atoms in total. The molecule has 0 aliphatic carbocycles. The highest BCUT2D eigenvalue weighted by Crippen LogP contribution is 2.28. The van der Waals surface area contributed by atoms with Crippen LogP contribution in [0.1, 0.15) is 28.1 Å². The molecule has 1 atom stereocenters. The molecule has 9 heteroatoms. The van der Waals surface area contributed by atoms with Crippen LogP contribution in [0.3, 0.4) is 0 Å². The Labute approximate surface area is 162 Å². The quantitative estimate of drug-likeness (QED) is 0.667. The SMILES string of the molecule is COC(=O)c1cc(C)sc1NC(=O)C[NH+]1CCN(C(=O)[C@H]2CCCO2)CC1. The molecule has 2 saturated heterocycles. The standard InChI is InChI=1S/C18H25N3O5S/c1-12-10-13(18(24)25-2)16(27-12)19-15(22)11-20-5-7-21(8-6-20)17(23)14-4-3-9-26-14/h10,14H,3-9,11H2,1-2H3,(H,19,22)/p+1/t14-/m1/s1. The lowest BCUT2D eigenvalue weighted by Gasteiger charge is -2.33. The summed E-state index contributed by atoms with van der Waals surface area (Å²) in [4.78, 5) is 40.5. The highest BCUT2D eigenvalue weighted by molar-refractivity contribution is 7.16. The number of carbonyl (C=O) groups is 3.